The molecule has 0 saturated heterocycles. The lowest BCUT2D eigenvalue weighted by molar-refractivity contribution is -0.153. The Morgan fingerprint density at radius 1 is 1.58 bits per heavy atom. The molecule has 0 N–H and O–H groups in total. The minimum atomic E-state index is -0.346. The fourth-order valence-electron chi connectivity index (χ4n) is 0.575. The average Bonchev–Trinajstić information content (AvgIpc) is 2.05. The normalized spacial score (nSPS) is 10.9. The standard InChI is InChI=1S/C10H18O2/c1-5-7-8-12-9(11)10(3,4)6-2/h5H,1,6-8H2,2-4H3. The minimum Gasteiger partial charge on any atom is -0.465 e. The number of rotatable bonds is 5. The van der Waals surface area contributed by atoms with Crippen LogP contribution in [0.5, 0.6) is 0 Å². The van der Waals surface area contributed by atoms with Crippen LogP contribution in [0.1, 0.15) is 33.6 Å². The van der Waals surface area contributed by atoms with Crippen LogP contribution in [0, 0.1) is 5.41 Å². The molecule has 0 aliphatic heterocycles. The summed E-state index contributed by atoms with van der Waals surface area (Å²) in [5.74, 6) is -0.119. The van der Waals surface area contributed by atoms with Gasteiger partial charge in [-0.2, -0.15) is 0 Å². The average molecular weight is 170 g/mol. The summed E-state index contributed by atoms with van der Waals surface area (Å²) in [6, 6.07) is 0. The highest BCUT2D eigenvalue weighted by Crippen LogP contribution is 2.21. The first-order valence-corrected chi connectivity index (χ1v) is 4.32. The highest BCUT2D eigenvalue weighted by atomic mass is 16.5. The highest BCUT2D eigenvalue weighted by Gasteiger charge is 2.26. The summed E-state index contributed by atoms with van der Waals surface area (Å²) < 4.78 is 5.03. The zero-order chi connectivity index (χ0) is 9.61. The van der Waals surface area contributed by atoms with Crippen LogP contribution < -0.4 is 0 Å². The van der Waals surface area contributed by atoms with Gasteiger partial charge in [-0.1, -0.05) is 13.0 Å². The van der Waals surface area contributed by atoms with Gasteiger partial charge in [0, 0.05) is 0 Å². The fraction of sp³-hybridized carbons (Fsp3) is 0.700. The van der Waals surface area contributed by atoms with E-state index in [1.165, 1.54) is 0 Å². The molecule has 0 spiro atoms. The summed E-state index contributed by atoms with van der Waals surface area (Å²) in [4.78, 5) is 11.3. The van der Waals surface area contributed by atoms with Crippen molar-refractivity contribution in [2.75, 3.05) is 6.61 Å². The van der Waals surface area contributed by atoms with Gasteiger partial charge in [-0.25, -0.2) is 0 Å². The van der Waals surface area contributed by atoms with Gasteiger partial charge in [0.25, 0.3) is 0 Å². The molecule has 0 atom stereocenters. The van der Waals surface area contributed by atoms with Crippen molar-refractivity contribution in [1.82, 2.24) is 0 Å². The Labute approximate surface area is 74.6 Å². The summed E-state index contributed by atoms with van der Waals surface area (Å²) in [6.45, 7) is 9.76. The molecule has 0 aliphatic carbocycles. The lowest BCUT2D eigenvalue weighted by Crippen LogP contribution is -2.25. The van der Waals surface area contributed by atoms with Crippen LogP contribution >= 0.6 is 0 Å². The Kier molecular flexibility index (Phi) is 4.64. The van der Waals surface area contributed by atoms with E-state index in [0.717, 1.165) is 12.8 Å². The number of hydrogen-bond donors (Lipinski definition) is 0. The van der Waals surface area contributed by atoms with E-state index in [0.29, 0.717) is 6.61 Å². The second kappa shape index (κ2) is 4.96. The number of carbonyl (C=O) groups is 1. The molecule has 0 aromatic carbocycles. The SMILES string of the molecule is C=CCCOC(=O)C(C)(C)CC. The van der Waals surface area contributed by atoms with E-state index >= 15 is 0 Å². The van der Waals surface area contributed by atoms with Gasteiger partial charge in [0.2, 0.25) is 0 Å². The molecule has 0 saturated carbocycles. The van der Waals surface area contributed by atoms with E-state index in [2.05, 4.69) is 6.58 Å². The molecule has 0 aromatic rings. The maximum atomic E-state index is 11.3. The van der Waals surface area contributed by atoms with Crippen LogP contribution in [-0.4, -0.2) is 12.6 Å². The van der Waals surface area contributed by atoms with E-state index < -0.39 is 0 Å². The van der Waals surface area contributed by atoms with Crippen molar-refractivity contribution < 1.29 is 9.53 Å². The van der Waals surface area contributed by atoms with Crippen molar-refractivity contribution in [3.63, 3.8) is 0 Å². The number of esters is 1. The van der Waals surface area contributed by atoms with Gasteiger partial charge in [-0.05, 0) is 26.7 Å². The Balaban J connectivity index is 3.79. The quantitative estimate of drug-likeness (QED) is 0.360. The molecule has 0 unspecified atom stereocenters. The molecular formula is C10H18O2. The maximum Gasteiger partial charge on any atom is 0.311 e. The lowest BCUT2D eigenvalue weighted by atomic mass is 9.91. The molecule has 0 rings (SSSR count). The van der Waals surface area contributed by atoms with Crippen LogP contribution in [0.15, 0.2) is 12.7 Å². The van der Waals surface area contributed by atoms with E-state index in [1.807, 2.05) is 20.8 Å². The van der Waals surface area contributed by atoms with Crippen LogP contribution in [0.25, 0.3) is 0 Å². The van der Waals surface area contributed by atoms with Crippen molar-refractivity contribution in [2.45, 2.75) is 33.6 Å². The van der Waals surface area contributed by atoms with Gasteiger partial charge in [0.05, 0.1) is 12.0 Å². The van der Waals surface area contributed by atoms with Gasteiger partial charge in [0.15, 0.2) is 0 Å². The minimum absolute atomic E-state index is 0.119. The third-order valence-electron chi connectivity index (χ3n) is 1.99. The van der Waals surface area contributed by atoms with E-state index in [1.54, 1.807) is 6.08 Å². The zero-order valence-corrected chi connectivity index (χ0v) is 8.22. The van der Waals surface area contributed by atoms with Crippen LogP contribution in [0.2, 0.25) is 0 Å². The summed E-state index contributed by atoms with van der Waals surface area (Å²) >= 11 is 0. The van der Waals surface area contributed by atoms with Gasteiger partial charge >= 0.3 is 5.97 Å². The summed E-state index contributed by atoms with van der Waals surface area (Å²) in [5.41, 5.74) is -0.346. The third-order valence-corrected chi connectivity index (χ3v) is 1.99. The number of hydrogen-bond acceptors (Lipinski definition) is 2. The second-order valence-electron chi connectivity index (χ2n) is 3.45. The molecule has 2 heteroatoms. The third kappa shape index (κ3) is 3.56. The fourth-order valence-corrected chi connectivity index (χ4v) is 0.575. The molecule has 0 fully saturated rings. The van der Waals surface area contributed by atoms with Crippen molar-refractivity contribution in [3.05, 3.63) is 12.7 Å². The molecule has 70 valence electrons. The molecular weight excluding hydrogens is 152 g/mol. The lowest BCUT2D eigenvalue weighted by Gasteiger charge is -2.19. The largest absolute Gasteiger partial charge is 0.465 e. The molecule has 0 heterocycles. The molecule has 0 amide bonds. The molecule has 2 nitrogen and oxygen atoms in total. The molecule has 12 heavy (non-hydrogen) atoms. The number of ether oxygens (including phenoxy) is 1. The number of carbonyl (C=O) groups excluding carboxylic acids is 1. The van der Waals surface area contributed by atoms with E-state index in [9.17, 15) is 4.79 Å². The van der Waals surface area contributed by atoms with Gasteiger partial charge in [-0.3, -0.25) is 4.79 Å². The Morgan fingerprint density at radius 3 is 2.58 bits per heavy atom. The van der Waals surface area contributed by atoms with Gasteiger partial charge in [-0.15, -0.1) is 6.58 Å². The van der Waals surface area contributed by atoms with Crippen LogP contribution in [-0.2, 0) is 9.53 Å². The monoisotopic (exact) mass is 170 g/mol. The first-order chi connectivity index (χ1) is 5.54. The predicted octanol–water partition coefficient (Wildman–Crippen LogP) is 2.54. The molecule has 0 aromatic heterocycles. The van der Waals surface area contributed by atoms with E-state index in [4.69, 9.17) is 4.74 Å². The Bertz CT molecular complexity index is 159. The Morgan fingerprint density at radius 2 is 2.17 bits per heavy atom. The second-order valence-corrected chi connectivity index (χ2v) is 3.45. The van der Waals surface area contributed by atoms with Crippen molar-refractivity contribution in [1.29, 1.82) is 0 Å². The summed E-state index contributed by atoms with van der Waals surface area (Å²) in [6.07, 6.45) is 3.28. The first-order valence-electron chi connectivity index (χ1n) is 4.32. The first kappa shape index (κ1) is 11.2. The van der Waals surface area contributed by atoms with Crippen molar-refractivity contribution in [3.8, 4) is 0 Å². The maximum absolute atomic E-state index is 11.3. The van der Waals surface area contributed by atoms with Gasteiger partial charge < -0.3 is 4.74 Å². The molecule has 0 aliphatic rings. The van der Waals surface area contributed by atoms with Crippen LogP contribution in [0.4, 0.5) is 0 Å². The topological polar surface area (TPSA) is 26.3 Å². The molecule has 0 radical (unpaired) electrons. The smallest absolute Gasteiger partial charge is 0.311 e. The van der Waals surface area contributed by atoms with Gasteiger partial charge in [0.1, 0.15) is 0 Å². The van der Waals surface area contributed by atoms with Crippen molar-refractivity contribution >= 4 is 5.97 Å². The summed E-state index contributed by atoms with van der Waals surface area (Å²) in [7, 11) is 0. The van der Waals surface area contributed by atoms with E-state index in [-0.39, 0.29) is 11.4 Å². The zero-order valence-electron chi connectivity index (χ0n) is 8.22. The summed E-state index contributed by atoms with van der Waals surface area (Å²) in [5, 5.41) is 0. The van der Waals surface area contributed by atoms with Crippen LogP contribution in [0.3, 0.4) is 0 Å². The Hall–Kier alpha value is -0.790. The highest BCUT2D eigenvalue weighted by molar-refractivity contribution is 5.75. The predicted molar refractivity (Wildman–Crippen MR) is 49.8 cm³/mol. The van der Waals surface area contributed by atoms with Crippen molar-refractivity contribution in [2.24, 2.45) is 5.41 Å². The molecule has 0 bridgehead atoms.